The Kier molecular flexibility index (Phi) is 5.20. The van der Waals surface area contributed by atoms with E-state index in [1.165, 1.54) is 19.0 Å². The van der Waals surface area contributed by atoms with Crippen LogP contribution in [0.15, 0.2) is 27.8 Å². The predicted octanol–water partition coefficient (Wildman–Crippen LogP) is 0.599. The molecule has 0 unspecified atom stereocenters. The number of piperazine rings is 1. The van der Waals surface area contributed by atoms with E-state index < -0.39 is 40.3 Å². The number of alkyl halides is 3. The molecule has 3 rings (SSSR count). The number of rotatable bonds is 2. The Balaban J connectivity index is 1.81. The summed E-state index contributed by atoms with van der Waals surface area (Å²) in [4.78, 5) is 39.4. The van der Waals surface area contributed by atoms with Crippen LogP contribution in [-0.2, 0) is 20.3 Å². The van der Waals surface area contributed by atoms with Crippen molar-refractivity contribution in [2.75, 3.05) is 31.1 Å². The molecule has 0 bridgehead atoms. The minimum Gasteiger partial charge on any atom is -0.347 e. The van der Waals surface area contributed by atoms with Gasteiger partial charge in [-0.15, -0.1) is 5.10 Å². The Morgan fingerprint density at radius 3 is 2.28 bits per heavy atom. The number of anilines is 1. The second-order valence-electron chi connectivity index (χ2n) is 6.56. The fourth-order valence-electron chi connectivity index (χ4n) is 3.11. The van der Waals surface area contributed by atoms with Crippen LogP contribution >= 0.6 is 0 Å². The van der Waals surface area contributed by atoms with Crippen LogP contribution in [0.3, 0.4) is 0 Å². The molecule has 1 aromatic carbocycles. The maximum Gasteiger partial charge on any atom is 0.417 e. The first kappa shape index (κ1) is 20.6. The van der Waals surface area contributed by atoms with Gasteiger partial charge in [-0.1, -0.05) is 0 Å². The number of nitrogens with zero attached hydrogens (tertiary/aromatic N) is 5. The van der Waals surface area contributed by atoms with Gasteiger partial charge in [-0.25, -0.2) is 13.9 Å². The molecule has 29 heavy (non-hydrogen) atoms. The number of hydrogen-bond donors (Lipinski definition) is 0. The average molecular weight is 415 g/mol. The van der Waals surface area contributed by atoms with E-state index >= 15 is 0 Å². The Morgan fingerprint density at radius 2 is 1.69 bits per heavy atom. The van der Waals surface area contributed by atoms with E-state index in [2.05, 4.69) is 5.10 Å². The summed E-state index contributed by atoms with van der Waals surface area (Å²) in [5.74, 6) is -1.95. The molecule has 0 aliphatic carbocycles. The van der Waals surface area contributed by atoms with Crippen molar-refractivity contribution in [3.63, 3.8) is 0 Å². The lowest BCUT2D eigenvalue weighted by Gasteiger charge is -2.35. The number of carbonyl (C=O) groups excluding carboxylic acids is 1. The van der Waals surface area contributed by atoms with Crippen molar-refractivity contribution in [1.29, 1.82) is 0 Å². The third-order valence-electron chi connectivity index (χ3n) is 4.69. The molecule has 2 aromatic rings. The Labute approximate surface area is 161 Å². The first-order valence-corrected chi connectivity index (χ1v) is 8.56. The molecule has 8 nitrogen and oxygen atoms in total. The standard InChI is InChI=1S/C17H17F4N5O3/c1-23-15(28)13(22-24(2)16(23)29)25-5-7-26(8-6-25)14(27)11-4-3-10(18)9-12(11)17(19,20)21/h3-4,9H,5-8H2,1-2H3. The van der Waals surface area contributed by atoms with Gasteiger partial charge in [-0.3, -0.25) is 14.2 Å². The fourth-order valence-corrected chi connectivity index (χ4v) is 3.11. The second-order valence-corrected chi connectivity index (χ2v) is 6.56. The predicted molar refractivity (Wildman–Crippen MR) is 94.2 cm³/mol. The zero-order valence-electron chi connectivity index (χ0n) is 15.5. The van der Waals surface area contributed by atoms with E-state index in [0.717, 1.165) is 21.4 Å². The van der Waals surface area contributed by atoms with Crippen LogP contribution in [0.4, 0.5) is 23.4 Å². The first-order chi connectivity index (χ1) is 13.5. The van der Waals surface area contributed by atoms with Gasteiger partial charge in [0.2, 0.25) is 5.82 Å². The smallest absolute Gasteiger partial charge is 0.347 e. The summed E-state index contributed by atoms with van der Waals surface area (Å²) < 4.78 is 54.7. The van der Waals surface area contributed by atoms with Crippen molar-refractivity contribution >= 4 is 11.7 Å². The van der Waals surface area contributed by atoms with Crippen LogP contribution in [0.2, 0.25) is 0 Å². The number of aromatic nitrogens is 3. The Bertz CT molecular complexity index is 1070. The van der Waals surface area contributed by atoms with Crippen LogP contribution in [0.5, 0.6) is 0 Å². The van der Waals surface area contributed by atoms with Gasteiger partial charge in [0.05, 0.1) is 11.1 Å². The van der Waals surface area contributed by atoms with Crippen molar-refractivity contribution in [3.8, 4) is 0 Å². The molecule has 1 amide bonds. The van der Waals surface area contributed by atoms with Crippen molar-refractivity contribution in [1.82, 2.24) is 19.2 Å². The van der Waals surface area contributed by atoms with Gasteiger partial charge in [-0.2, -0.15) is 13.2 Å². The van der Waals surface area contributed by atoms with Crippen LogP contribution in [0.1, 0.15) is 15.9 Å². The van der Waals surface area contributed by atoms with Crippen molar-refractivity contribution in [3.05, 3.63) is 56.0 Å². The number of amides is 1. The summed E-state index contributed by atoms with van der Waals surface area (Å²) in [6, 6.07) is 1.91. The summed E-state index contributed by atoms with van der Waals surface area (Å²) in [6.45, 7) is 0.325. The molecule has 1 aliphatic rings. The van der Waals surface area contributed by atoms with Gasteiger partial charge >= 0.3 is 11.9 Å². The van der Waals surface area contributed by atoms with Crippen molar-refractivity contribution in [2.45, 2.75) is 6.18 Å². The van der Waals surface area contributed by atoms with E-state index in [9.17, 15) is 31.9 Å². The van der Waals surface area contributed by atoms with Crippen LogP contribution in [0, 0.1) is 5.82 Å². The first-order valence-electron chi connectivity index (χ1n) is 8.56. The highest BCUT2D eigenvalue weighted by Crippen LogP contribution is 2.33. The van der Waals surface area contributed by atoms with E-state index in [-0.39, 0.29) is 32.0 Å². The molecule has 1 aromatic heterocycles. The third kappa shape index (κ3) is 3.87. The van der Waals surface area contributed by atoms with Gasteiger partial charge < -0.3 is 9.80 Å². The monoisotopic (exact) mass is 415 g/mol. The van der Waals surface area contributed by atoms with Gasteiger partial charge in [0, 0.05) is 40.3 Å². The number of carbonyl (C=O) groups is 1. The molecule has 0 atom stereocenters. The maximum atomic E-state index is 13.3. The van der Waals surface area contributed by atoms with Crippen molar-refractivity contribution < 1.29 is 22.4 Å². The molecule has 0 N–H and O–H groups in total. The lowest BCUT2D eigenvalue weighted by atomic mass is 10.0. The zero-order valence-corrected chi connectivity index (χ0v) is 15.5. The highest BCUT2D eigenvalue weighted by molar-refractivity contribution is 5.96. The zero-order chi connectivity index (χ0) is 21.5. The minimum atomic E-state index is -4.88. The molecule has 1 saturated heterocycles. The van der Waals surface area contributed by atoms with E-state index in [1.807, 2.05) is 0 Å². The lowest BCUT2D eigenvalue weighted by molar-refractivity contribution is -0.138. The summed E-state index contributed by atoms with van der Waals surface area (Å²) in [6.07, 6.45) is -4.88. The van der Waals surface area contributed by atoms with Gasteiger partial charge in [0.25, 0.3) is 11.5 Å². The quantitative estimate of drug-likeness (QED) is 0.672. The molecule has 12 heteroatoms. The van der Waals surface area contributed by atoms with E-state index in [1.54, 1.807) is 4.90 Å². The van der Waals surface area contributed by atoms with Gasteiger partial charge in [0.15, 0.2) is 0 Å². The number of aryl methyl sites for hydroxylation is 1. The number of benzene rings is 1. The molecule has 0 saturated carbocycles. The minimum absolute atomic E-state index is 0.0134. The second kappa shape index (κ2) is 7.33. The van der Waals surface area contributed by atoms with Crippen molar-refractivity contribution in [2.24, 2.45) is 14.1 Å². The van der Waals surface area contributed by atoms with E-state index in [4.69, 9.17) is 0 Å². The molecular formula is C17H17F4N5O3. The Hall–Kier alpha value is -3.18. The fraction of sp³-hybridized carbons (Fsp3) is 0.412. The highest BCUT2D eigenvalue weighted by atomic mass is 19.4. The maximum absolute atomic E-state index is 13.3. The molecule has 2 heterocycles. The highest BCUT2D eigenvalue weighted by Gasteiger charge is 2.37. The van der Waals surface area contributed by atoms with E-state index in [0.29, 0.717) is 6.07 Å². The summed E-state index contributed by atoms with van der Waals surface area (Å²) in [5, 5.41) is 3.94. The molecule has 156 valence electrons. The molecule has 0 spiro atoms. The summed E-state index contributed by atoms with van der Waals surface area (Å²) in [5.41, 5.74) is -3.17. The summed E-state index contributed by atoms with van der Waals surface area (Å²) in [7, 11) is 2.70. The van der Waals surface area contributed by atoms with Gasteiger partial charge in [-0.05, 0) is 18.2 Å². The van der Waals surface area contributed by atoms with Gasteiger partial charge in [0.1, 0.15) is 5.82 Å². The third-order valence-corrected chi connectivity index (χ3v) is 4.69. The topological polar surface area (TPSA) is 80.4 Å². The normalized spacial score (nSPS) is 15.0. The summed E-state index contributed by atoms with van der Waals surface area (Å²) >= 11 is 0. The number of hydrogen-bond acceptors (Lipinski definition) is 5. The van der Waals surface area contributed by atoms with Crippen LogP contribution in [-0.4, -0.2) is 51.3 Å². The number of halogens is 4. The molecule has 1 aliphatic heterocycles. The molecule has 0 radical (unpaired) electrons. The Morgan fingerprint density at radius 1 is 1.07 bits per heavy atom. The lowest BCUT2D eigenvalue weighted by Crippen LogP contribution is -2.52. The SMILES string of the molecule is Cn1nc(N2CCN(C(=O)c3ccc(F)cc3C(F)(F)F)CC2)c(=O)n(C)c1=O. The largest absolute Gasteiger partial charge is 0.417 e. The van der Waals surface area contributed by atoms with Crippen LogP contribution in [0.25, 0.3) is 0 Å². The average Bonchev–Trinajstić information content (AvgIpc) is 2.68. The van der Waals surface area contributed by atoms with Crippen LogP contribution < -0.4 is 16.1 Å². The molecule has 1 fully saturated rings. The molecular weight excluding hydrogens is 398 g/mol.